The van der Waals surface area contributed by atoms with E-state index in [4.69, 9.17) is 22.4 Å². The highest BCUT2D eigenvalue weighted by atomic mass is 35.5. The lowest BCUT2D eigenvalue weighted by atomic mass is 10.1. The third-order valence-corrected chi connectivity index (χ3v) is 2.67. The predicted octanol–water partition coefficient (Wildman–Crippen LogP) is 0.590. The summed E-state index contributed by atoms with van der Waals surface area (Å²) in [7, 11) is 1.73. The highest BCUT2D eigenvalue weighted by Gasteiger charge is 2.19. The fourth-order valence-corrected chi connectivity index (χ4v) is 1.71. The molecule has 1 atom stereocenters. The normalized spacial score (nSPS) is 12.8. The molecule has 1 heterocycles. The summed E-state index contributed by atoms with van der Waals surface area (Å²) in [6.07, 6.45) is 0.909. The molecule has 0 radical (unpaired) electrons. The van der Waals surface area contributed by atoms with E-state index in [1.54, 1.807) is 11.7 Å². The summed E-state index contributed by atoms with van der Waals surface area (Å²) in [5.74, 6) is -1.04. The molecule has 5 nitrogen and oxygen atoms in total. The molecule has 0 fully saturated rings. The van der Waals surface area contributed by atoms with E-state index < -0.39 is 12.0 Å². The highest BCUT2D eigenvalue weighted by Crippen LogP contribution is 2.21. The number of aromatic nitrogens is 2. The van der Waals surface area contributed by atoms with Gasteiger partial charge in [-0.05, 0) is 6.42 Å². The molecule has 0 saturated carbocycles. The largest absolute Gasteiger partial charge is 0.480 e. The van der Waals surface area contributed by atoms with Crippen LogP contribution in [0.5, 0.6) is 0 Å². The minimum Gasteiger partial charge on any atom is -0.480 e. The number of carbonyl (C=O) groups is 1. The number of carboxylic acid groups (broad SMARTS) is 1. The van der Waals surface area contributed by atoms with Crippen LogP contribution in [0.3, 0.4) is 0 Å². The summed E-state index contributed by atoms with van der Waals surface area (Å²) < 4.78 is 1.59. The lowest BCUT2D eigenvalue weighted by molar-refractivity contribution is -0.138. The molecule has 0 aliphatic heterocycles. The van der Waals surface area contributed by atoms with Gasteiger partial charge in [0.15, 0.2) is 0 Å². The first-order chi connectivity index (χ1) is 6.97. The SMILES string of the molecule is CCc1nn(C)c(CC(N)C(=O)O)c1Cl. The number of nitrogens with zero attached hydrogens (tertiary/aromatic N) is 2. The zero-order chi connectivity index (χ0) is 11.6. The molecular weight excluding hydrogens is 218 g/mol. The molecule has 1 aromatic heterocycles. The molecule has 1 rings (SSSR count). The maximum Gasteiger partial charge on any atom is 0.320 e. The van der Waals surface area contributed by atoms with Crippen molar-refractivity contribution in [2.45, 2.75) is 25.8 Å². The molecule has 0 aliphatic carbocycles. The van der Waals surface area contributed by atoms with Crippen LogP contribution in [-0.4, -0.2) is 26.9 Å². The summed E-state index contributed by atoms with van der Waals surface area (Å²) in [4.78, 5) is 10.6. The second kappa shape index (κ2) is 4.63. The van der Waals surface area contributed by atoms with Gasteiger partial charge in [-0.3, -0.25) is 9.48 Å². The van der Waals surface area contributed by atoms with Crippen LogP contribution < -0.4 is 5.73 Å². The molecule has 0 bridgehead atoms. The number of halogens is 1. The van der Waals surface area contributed by atoms with Gasteiger partial charge < -0.3 is 10.8 Å². The first-order valence-corrected chi connectivity index (χ1v) is 5.03. The van der Waals surface area contributed by atoms with Crippen LogP contribution in [-0.2, 0) is 24.7 Å². The Morgan fingerprint density at radius 2 is 2.33 bits per heavy atom. The van der Waals surface area contributed by atoms with E-state index in [1.807, 2.05) is 6.92 Å². The van der Waals surface area contributed by atoms with Crippen LogP contribution in [0.15, 0.2) is 0 Å². The van der Waals surface area contributed by atoms with Gasteiger partial charge in [0, 0.05) is 13.5 Å². The monoisotopic (exact) mass is 231 g/mol. The molecule has 1 aromatic rings. The zero-order valence-electron chi connectivity index (χ0n) is 8.70. The number of hydrogen-bond acceptors (Lipinski definition) is 3. The number of carboxylic acids is 1. The van der Waals surface area contributed by atoms with Gasteiger partial charge in [-0.25, -0.2) is 0 Å². The van der Waals surface area contributed by atoms with E-state index in [2.05, 4.69) is 5.10 Å². The first kappa shape index (κ1) is 12.0. The van der Waals surface area contributed by atoms with Crippen molar-refractivity contribution in [3.8, 4) is 0 Å². The Balaban J connectivity index is 2.94. The lowest BCUT2D eigenvalue weighted by Gasteiger charge is -2.06. The third-order valence-electron chi connectivity index (χ3n) is 2.23. The Bertz CT molecular complexity index is 376. The minimum atomic E-state index is -1.04. The second-order valence-corrected chi connectivity index (χ2v) is 3.71. The quantitative estimate of drug-likeness (QED) is 0.795. The van der Waals surface area contributed by atoms with Crippen LogP contribution in [0.1, 0.15) is 18.3 Å². The molecule has 6 heteroatoms. The van der Waals surface area contributed by atoms with Crippen molar-refractivity contribution >= 4 is 17.6 Å². The van der Waals surface area contributed by atoms with Crippen molar-refractivity contribution in [1.82, 2.24) is 9.78 Å². The van der Waals surface area contributed by atoms with Gasteiger partial charge in [-0.15, -0.1) is 0 Å². The molecule has 3 N–H and O–H groups in total. The van der Waals surface area contributed by atoms with Crippen LogP contribution in [0.2, 0.25) is 5.02 Å². The van der Waals surface area contributed by atoms with E-state index in [1.165, 1.54) is 0 Å². The van der Waals surface area contributed by atoms with Crippen molar-refractivity contribution < 1.29 is 9.90 Å². The maximum atomic E-state index is 10.6. The standard InChI is InChI=1S/C9H14ClN3O2/c1-3-6-8(10)7(13(2)12-6)4-5(11)9(14)15/h5H,3-4,11H2,1-2H3,(H,14,15). The van der Waals surface area contributed by atoms with Crippen molar-refractivity contribution in [3.63, 3.8) is 0 Å². The number of nitrogens with two attached hydrogens (primary N) is 1. The summed E-state index contributed by atoms with van der Waals surface area (Å²) in [6.45, 7) is 1.94. The number of aryl methyl sites for hydroxylation is 2. The van der Waals surface area contributed by atoms with Crippen molar-refractivity contribution in [2.75, 3.05) is 0 Å². The zero-order valence-corrected chi connectivity index (χ0v) is 9.45. The Morgan fingerprint density at radius 3 is 2.73 bits per heavy atom. The second-order valence-electron chi connectivity index (χ2n) is 3.33. The maximum absolute atomic E-state index is 10.6. The Morgan fingerprint density at radius 1 is 1.73 bits per heavy atom. The fraction of sp³-hybridized carbons (Fsp3) is 0.556. The van der Waals surface area contributed by atoms with Crippen LogP contribution in [0, 0.1) is 0 Å². The predicted molar refractivity (Wildman–Crippen MR) is 56.9 cm³/mol. The molecule has 1 unspecified atom stereocenters. The molecular formula is C9H14ClN3O2. The van der Waals surface area contributed by atoms with E-state index in [0.717, 1.165) is 12.1 Å². The molecule has 0 amide bonds. The Hall–Kier alpha value is -1.07. The topological polar surface area (TPSA) is 81.1 Å². The first-order valence-electron chi connectivity index (χ1n) is 4.66. The van der Waals surface area contributed by atoms with Gasteiger partial charge >= 0.3 is 5.97 Å². The Kier molecular flexibility index (Phi) is 3.71. The van der Waals surface area contributed by atoms with Crippen LogP contribution in [0.25, 0.3) is 0 Å². The van der Waals surface area contributed by atoms with Crippen molar-refractivity contribution in [1.29, 1.82) is 0 Å². The van der Waals surface area contributed by atoms with Gasteiger partial charge in [0.25, 0.3) is 0 Å². The number of rotatable bonds is 4. The van der Waals surface area contributed by atoms with E-state index in [9.17, 15) is 4.79 Å². The van der Waals surface area contributed by atoms with Crippen molar-refractivity contribution in [3.05, 3.63) is 16.4 Å². The van der Waals surface area contributed by atoms with Crippen molar-refractivity contribution in [2.24, 2.45) is 12.8 Å². The summed E-state index contributed by atoms with van der Waals surface area (Å²) in [5.41, 5.74) is 6.88. The number of hydrogen-bond donors (Lipinski definition) is 2. The average Bonchev–Trinajstić information content (AvgIpc) is 2.44. The summed E-state index contributed by atoms with van der Waals surface area (Å²) in [6, 6.07) is -0.942. The molecule has 84 valence electrons. The van der Waals surface area contributed by atoms with Crippen LogP contribution in [0.4, 0.5) is 0 Å². The highest BCUT2D eigenvalue weighted by molar-refractivity contribution is 6.31. The van der Waals surface area contributed by atoms with Crippen LogP contribution >= 0.6 is 11.6 Å². The van der Waals surface area contributed by atoms with Gasteiger partial charge in [-0.2, -0.15) is 5.10 Å². The van der Waals surface area contributed by atoms with Gasteiger partial charge in [-0.1, -0.05) is 18.5 Å². The third kappa shape index (κ3) is 2.49. The fourth-order valence-electron chi connectivity index (χ4n) is 1.34. The van der Waals surface area contributed by atoms with E-state index in [-0.39, 0.29) is 6.42 Å². The molecule has 15 heavy (non-hydrogen) atoms. The van der Waals surface area contributed by atoms with Gasteiger partial charge in [0.2, 0.25) is 0 Å². The molecule has 0 spiro atoms. The van der Waals surface area contributed by atoms with Gasteiger partial charge in [0.1, 0.15) is 6.04 Å². The van der Waals surface area contributed by atoms with Gasteiger partial charge in [0.05, 0.1) is 16.4 Å². The molecule has 0 aromatic carbocycles. The van der Waals surface area contributed by atoms with E-state index in [0.29, 0.717) is 10.7 Å². The number of aliphatic carboxylic acids is 1. The molecule has 0 aliphatic rings. The minimum absolute atomic E-state index is 0.192. The Labute approximate surface area is 92.8 Å². The summed E-state index contributed by atoms with van der Waals surface area (Å²) in [5, 5.41) is 13.4. The smallest absolute Gasteiger partial charge is 0.320 e. The summed E-state index contributed by atoms with van der Waals surface area (Å²) >= 11 is 6.05. The van der Waals surface area contributed by atoms with E-state index >= 15 is 0 Å². The lowest BCUT2D eigenvalue weighted by Crippen LogP contribution is -2.33. The average molecular weight is 232 g/mol. The molecule has 0 saturated heterocycles.